The highest BCUT2D eigenvalue weighted by molar-refractivity contribution is 5.76. The maximum Gasteiger partial charge on any atom is 0.313 e. The topological polar surface area (TPSA) is 61.6 Å². The molecule has 2 atom stereocenters. The lowest BCUT2D eigenvalue weighted by molar-refractivity contribution is -0.160. The van der Waals surface area contributed by atoms with Crippen molar-refractivity contribution in [3.63, 3.8) is 0 Å². The SMILES string of the molecule is CCC(C)(CN)C(=O)OC1CCOC1. The Morgan fingerprint density at radius 2 is 2.43 bits per heavy atom. The molecule has 82 valence electrons. The number of rotatable bonds is 4. The van der Waals surface area contributed by atoms with E-state index in [-0.39, 0.29) is 12.1 Å². The first-order valence-electron chi connectivity index (χ1n) is 5.11. The fourth-order valence-corrected chi connectivity index (χ4v) is 1.27. The van der Waals surface area contributed by atoms with Gasteiger partial charge in [0.15, 0.2) is 0 Å². The van der Waals surface area contributed by atoms with Crippen molar-refractivity contribution in [2.75, 3.05) is 19.8 Å². The molecule has 14 heavy (non-hydrogen) atoms. The van der Waals surface area contributed by atoms with Gasteiger partial charge in [-0.25, -0.2) is 0 Å². The van der Waals surface area contributed by atoms with Crippen LogP contribution in [-0.4, -0.2) is 31.8 Å². The van der Waals surface area contributed by atoms with Crippen molar-refractivity contribution < 1.29 is 14.3 Å². The molecule has 0 aromatic carbocycles. The predicted molar refractivity (Wildman–Crippen MR) is 52.8 cm³/mol. The van der Waals surface area contributed by atoms with Gasteiger partial charge in [0.25, 0.3) is 0 Å². The molecule has 1 aliphatic rings. The lowest BCUT2D eigenvalue weighted by Crippen LogP contribution is -2.38. The summed E-state index contributed by atoms with van der Waals surface area (Å²) in [5.41, 5.74) is 5.02. The summed E-state index contributed by atoms with van der Waals surface area (Å²) < 4.78 is 10.4. The Hall–Kier alpha value is -0.610. The molecule has 1 saturated heterocycles. The van der Waals surface area contributed by atoms with E-state index < -0.39 is 5.41 Å². The van der Waals surface area contributed by atoms with E-state index in [1.165, 1.54) is 0 Å². The van der Waals surface area contributed by atoms with E-state index in [4.69, 9.17) is 15.2 Å². The van der Waals surface area contributed by atoms with Crippen LogP contribution in [0.4, 0.5) is 0 Å². The molecule has 1 aliphatic heterocycles. The van der Waals surface area contributed by atoms with Gasteiger partial charge in [-0.05, 0) is 13.3 Å². The van der Waals surface area contributed by atoms with Gasteiger partial charge in [-0.2, -0.15) is 0 Å². The third kappa shape index (κ3) is 2.45. The molecule has 0 aromatic heterocycles. The van der Waals surface area contributed by atoms with E-state index >= 15 is 0 Å². The molecule has 1 rings (SSSR count). The molecular weight excluding hydrogens is 182 g/mol. The van der Waals surface area contributed by atoms with Crippen molar-refractivity contribution in [1.82, 2.24) is 0 Å². The molecular formula is C10H19NO3. The summed E-state index contributed by atoms with van der Waals surface area (Å²) in [4.78, 5) is 11.7. The molecule has 4 heteroatoms. The van der Waals surface area contributed by atoms with Crippen LogP contribution in [0.1, 0.15) is 26.7 Å². The Balaban J connectivity index is 2.46. The highest BCUT2D eigenvalue weighted by atomic mass is 16.6. The molecule has 2 N–H and O–H groups in total. The molecule has 4 nitrogen and oxygen atoms in total. The maximum absolute atomic E-state index is 11.7. The zero-order chi connectivity index (χ0) is 10.6. The van der Waals surface area contributed by atoms with Gasteiger partial charge >= 0.3 is 5.97 Å². The molecule has 0 amide bonds. The Morgan fingerprint density at radius 1 is 1.71 bits per heavy atom. The van der Waals surface area contributed by atoms with Gasteiger partial charge in [-0.15, -0.1) is 0 Å². The van der Waals surface area contributed by atoms with Gasteiger partial charge in [0.1, 0.15) is 6.10 Å². The quantitative estimate of drug-likeness (QED) is 0.680. The van der Waals surface area contributed by atoms with Crippen molar-refractivity contribution >= 4 is 5.97 Å². The third-order valence-corrected chi connectivity index (χ3v) is 2.89. The fourth-order valence-electron chi connectivity index (χ4n) is 1.27. The van der Waals surface area contributed by atoms with E-state index in [1.54, 1.807) is 0 Å². The Kier molecular flexibility index (Phi) is 3.89. The maximum atomic E-state index is 11.7. The summed E-state index contributed by atoms with van der Waals surface area (Å²) in [5.74, 6) is -0.196. The molecule has 0 saturated carbocycles. The van der Waals surface area contributed by atoms with Crippen molar-refractivity contribution in [3.05, 3.63) is 0 Å². The molecule has 0 aromatic rings. The van der Waals surface area contributed by atoms with Crippen LogP contribution in [0, 0.1) is 5.41 Å². The summed E-state index contributed by atoms with van der Waals surface area (Å²) in [6.45, 7) is 5.32. The van der Waals surface area contributed by atoms with Crippen LogP contribution in [0.2, 0.25) is 0 Å². The number of nitrogens with two attached hydrogens (primary N) is 1. The predicted octanol–water partition coefficient (Wildman–Crippen LogP) is 0.694. The van der Waals surface area contributed by atoms with Gasteiger partial charge in [-0.1, -0.05) is 6.92 Å². The Labute approximate surface area is 84.7 Å². The van der Waals surface area contributed by atoms with Crippen LogP contribution in [-0.2, 0) is 14.3 Å². The zero-order valence-electron chi connectivity index (χ0n) is 8.91. The van der Waals surface area contributed by atoms with Crippen molar-refractivity contribution in [1.29, 1.82) is 0 Å². The van der Waals surface area contributed by atoms with Gasteiger partial charge in [0.05, 0.1) is 18.6 Å². The first-order chi connectivity index (χ1) is 6.62. The molecule has 1 fully saturated rings. The molecule has 0 spiro atoms. The van der Waals surface area contributed by atoms with Gasteiger partial charge in [0.2, 0.25) is 0 Å². The van der Waals surface area contributed by atoms with Crippen molar-refractivity contribution in [2.24, 2.45) is 11.1 Å². The van der Waals surface area contributed by atoms with Crippen molar-refractivity contribution in [2.45, 2.75) is 32.8 Å². The zero-order valence-corrected chi connectivity index (χ0v) is 8.91. The highest BCUT2D eigenvalue weighted by Crippen LogP contribution is 2.23. The van der Waals surface area contributed by atoms with E-state index in [9.17, 15) is 4.79 Å². The molecule has 2 unspecified atom stereocenters. The summed E-state index contributed by atoms with van der Waals surface area (Å²) in [6.07, 6.45) is 1.44. The number of carbonyl (C=O) groups excluding carboxylic acids is 1. The van der Waals surface area contributed by atoms with Crippen LogP contribution in [0.5, 0.6) is 0 Å². The normalized spacial score (nSPS) is 25.8. The summed E-state index contributed by atoms with van der Waals surface area (Å²) in [5, 5.41) is 0. The summed E-state index contributed by atoms with van der Waals surface area (Å²) in [6, 6.07) is 0. The third-order valence-electron chi connectivity index (χ3n) is 2.89. The summed E-state index contributed by atoms with van der Waals surface area (Å²) in [7, 11) is 0. The first-order valence-corrected chi connectivity index (χ1v) is 5.11. The van der Waals surface area contributed by atoms with E-state index in [0.717, 1.165) is 6.42 Å². The van der Waals surface area contributed by atoms with E-state index in [1.807, 2.05) is 13.8 Å². The lowest BCUT2D eigenvalue weighted by Gasteiger charge is -2.25. The van der Waals surface area contributed by atoms with Crippen LogP contribution >= 0.6 is 0 Å². The second-order valence-electron chi connectivity index (χ2n) is 4.01. The standard InChI is InChI=1S/C10H19NO3/c1-3-10(2,7-11)9(12)14-8-4-5-13-6-8/h8H,3-7,11H2,1-2H3. The first kappa shape index (κ1) is 11.5. The van der Waals surface area contributed by atoms with Crippen LogP contribution in [0.3, 0.4) is 0 Å². The Bertz CT molecular complexity index is 196. The minimum Gasteiger partial charge on any atom is -0.459 e. The second kappa shape index (κ2) is 4.75. The van der Waals surface area contributed by atoms with Crippen LogP contribution < -0.4 is 5.73 Å². The molecule has 0 radical (unpaired) electrons. The number of hydrogen-bond donors (Lipinski definition) is 1. The monoisotopic (exact) mass is 201 g/mol. The number of ether oxygens (including phenoxy) is 2. The van der Waals surface area contributed by atoms with Crippen LogP contribution in [0.25, 0.3) is 0 Å². The minimum atomic E-state index is -0.539. The van der Waals surface area contributed by atoms with Gasteiger partial charge in [-0.3, -0.25) is 4.79 Å². The highest BCUT2D eigenvalue weighted by Gasteiger charge is 2.34. The molecule has 0 aliphatic carbocycles. The fraction of sp³-hybridized carbons (Fsp3) is 0.900. The second-order valence-corrected chi connectivity index (χ2v) is 4.01. The minimum absolute atomic E-state index is 0.0695. The van der Waals surface area contributed by atoms with Crippen LogP contribution in [0.15, 0.2) is 0 Å². The Morgan fingerprint density at radius 3 is 2.86 bits per heavy atom. The average Bonchev–Trinajstić information content (AvgIpc) is 2.69. The lowest BCUT2D eigenvalue weighted by atomic mass is 9.88. The number of hydrogen-bond acceptors (Lipinski definition) is 4. The molecule has 1 heterocycles. The number of esters is 1. The van der Waals surface area contributed by atoms with E-state index in [2.05, 4.69) is 0 Å². The summed E-state index contributed by atoms with van der Waals surface area (Å²) >= 11 is 0. The van der Waals surface area contributed by atoms with E-state index in [0.29, 0.717) is 26.2 Å². The molecule has 0 bridgehead atoms. The van der Waals surface area contributed by atoms with Gasteiger partial charge in [0, 0.05) is 13.0 Å². The van der Waals surface area contributed by atoms with Crippen molar-refractivity contribution in [3.8, 4) is 0 Å². The average molecular weight is 201 g/mol. The number of carbonyl (C=O) groups is 1. The van der Waals surface area contributed by atoms with Gasteiger partial charge < -0.3 is 15.2 Å². The largest absolute Gasteiger partial charge is 0.459 e. The smallest absolute Gasteiger partial charge is 0.313 e.